The van der Waals surface area contributed by atoms with Gasteiger partial charge in [0.05, 0.1) is 0 Å². The Morgan fingerprint density at radius 1 is 1.20 bits per heavy atom. The van der Waals surface area contributed by atoms with Crippen LogP contribution in [0.2, 0.25) is 0 Å². The Labute approximate surface area is 67.0 Å². The van der Waals surface area contributed by atoms with Crippen molar-refractivity contribution in [3.05, 3.63) is 47.4 Å². The third kappa shape index (κ3) is 2.28. The molecule has 0 amide bonds. The molecule has 10 heavy (non-hydrogen) atoms. The van der Waals surface area contributed by atoms with Crippen molar-refractivity contribution in [1.82, 2.24) is 0 Å². The van der Waals surface area contributed by atoms with Gasteiger partial charge in [0.15, 0.2) is 0 Å². The quantitative estimate of drug-likeness (QED) is 0.504. The lowest BCUT2D eigenvalue weighted by molar-refractivity contribution is 1.38. The van der Waals surface area contributed by atoms with E-state index in [0.717, 1.165) is 12.0 Å². The summed E-state index contributed by atoms with van der Waals surface area (Å²) in [5.74, 6) is 0. The fraction of sp³-hybridized carbons (Fsp3) is 0.111. The van der Waals surface area contributed by atoms with Crippen LogP contribution in [-0.2, 0) is 0 Å². The second kappa shape index (κ2) is 4.18. The van der Waals surface area contributed by atoms with E-state index in [2.05, 4.69) is 30.9 Å². The summed E-state index contributed by atoms with van der Waals surface area (Å²) in [6.45, 7) is 0. The molecule has 0 heterocycles. The number of thiol groups is 1. The molecule has 0 aromatic heterocycles. The summed E-state index contributed by atoms with van der Waals surface area (Å²) >= 11 is 4.06. The fourth-order valence-corrected chi connectivity index (χ4v) is 0.920. The van der Waals surface area contributed by atoms with Crippen LogP contribution in [0.1, 0.15) is 6.42 Å². The van der Waals surface area contributed by atoms with Gasteiger partial charge in [0.2, 0.25) is 0 Å². The van der Waals surface area contributed by atoms with Crippen LogP contribution in [0.5, 0.6) is 0 Å². The van der Waals surface area contributed by atoms with Crippen LogP contribution in [0.4, 0.5) is 0 Å². The third-order valence-electron chi connectivity index (χ3n) is 1.27. The zero-order valence-electron chi connectivity index (χ0n) is 5.70. The third-order valence-corrected chi connectivity index (χ3v) is 1.57. The number of allylic oxidation sites excluding steroid dienone is 7. The molecule has 0 aromatic rings. The van der Waals surface area contributed by atoms with Crippen LogP contribution in [0.25, 0.3) is 0 Å². The Bertz CT molecular complexity index is 207. The maximum absolute atomic E-state index is 4.06. The molecule has 0 radical (unpaired) electrons. The molecule has 0 fully saturated rings. The van der Waals surface area contributed by atoms with E-state index < -0.39 is 0 Å². The van der Waals surface area contributed by atoms with Crippen molar-refractivity contribution in [1.29, 1.82) is 0 Å². The first-order chi connectivity index (χ1) is 4.93. The molecule has 1 rings (SSSR count). The SMILES string of the molecule is S/C=C1/C=C\C=C/C\C=C/1. The van der Waals surface area contributed by atoms with E-state index in [1.54, 1.807) is 5.41 Å². The van der Waals surface area contributed by atoms with Gasteiger partial charge in [-0.05, 0) is 17.4 Å². The van der Waals surface area contributed by atoms with Crippen molar-refractivity contribution < 1.29 is 0 Å². The van der Waals surface area contributed by atoms with Crippen molar-refractivity contribution in [2.75, 3.05) is 0 Å². The van der Waals surface area contributed by atoms with Gasteiger partial charge in [-0.2, -0.15) is 12.6 Å². The summed E-state index contributed by atoms with van der Waals surface area (Å²) in [5.41, 5.74) is 1.15. The van der Waals surface area contributed by atoms with Gasteiger partial charge in [0.25, 0.3) is 0 Å². The highest BCUT2D eigenvalue weighted by Gasteiger charge is 1.83. The van der Waals surface area contributed by atoms with Gasteiger partial charge in [0.1, 0.15) is 0 Å². The van der Waals surface area contributed by atoms with E-state index in [4.69, 9.17) is 0 Å². The van der Waals surface area contributed by atoms with Crippen molar-refractivity contribution in [3.63, 3.8) is 0 Å². The van der Waals surface area contributed by atoms with E-state index in [1.807, 2.05) is 18.2 Å². The minimum absolute atomic E-state index is 1.01. The molecule has 0 N–H and O–H groups in total. The van der Waals surface area contributed by atoms with Crippen LogP contribution in [-0.4, -0.2) is 0 Å². The lowest BCUT2D eigenvalue weighted by atomic mass is 10.2. The molecule has 0 nitrogen and oxygen atoms in total. The van der Waals surface area contributed by atoms with Gasteiger partial charge in [-0.3, -0.25) is 0 Å². The largest absolute Gasteiger partial charge is 0.151 e. The van der Waals surface area contributed by atoms with Gasteiger partial charge in [0, 0.05) is 0 Å². The van der Waals surface area contributed by atoms with Crippen LogP contribution in [0.3, 0.4) is 0 Å². The number of rotatable bonds is 0. The number of hydrogen-bond acceptors (Lipinski definition) is 1. The Hall–Kier alpha value is -0.690. The fourth-order valence-electron chi connectivity index (χ4n) is 0.748. The normalized spacial score (nSPS) is 30.7. The molecule has 0 saturated heterocycles. The van der Waals surface area contributed by atoms with Crippen LogP contribution in [0, 0.1) is 0 Å². The Morgan fingerprint density at radius 3 is 2.90 bits per heavy atom. The highest BCUT2D eigenvalue weighted by Crippen LogP contribution is 2.05. The number of hydrogen-bond donors (Lipinski definition) is 1. The minimum atomic E-state index is 1.01. The topological polar surface area (TPSA) is 0 Å². The lowest BCUT2D eigenvalue weighted by Crippen LogP contribution is -1.71. The summed E-state index contributed by atoms with van der Waals surface area (Å²) in [6, 6.07) is 0. The molecule has 0 unspecified atom stereocenters. The maximum Gasteiger partial charge on any atom is -0.0163 e. The van der Waals surface area contributed by atoms with Gasteiger partial charge in [-0.15, -0.1) is 0 Å². The minimum Gasteiger partial charge on any atom is -0.151 e. The molecule has 0 aliphatic heterocycles. The van der Waals surface area contributed by atoms with Crippen molar-refractivity contribution in [3.8, 4) is 0 Å². The summed E-state index contributed by atoms with van der Waals surface area (Å²) in [7, 11) is 0. The van der Waals surface area contributed by atoms with E-state index >= 15 is 0 Å². The lowest BCUT2D eigenvalue weighted by Gasteiger charge is -1.92. The Balaban J connectivity index is 2.78. The first kappa shape index (κ1) is 7.42. The smallest absolute Gasteiger partial charge is 0.0163 e. The van der Waals surface area contributed by atoms with Crippen LogP contribution >= 0.6 is 12.6 Å². The Kier molecular flexibility index (Phi) is 3.10. The predicted molar refractivity (Wildman–Crippen MR) is 49.1 cm³/mol. The molecule has 0 saturated carbocycles. The second-order valence-electron chi connectivity index (χ2n) is 2.05. The summed E-state index contributed by atoms with van der Waals surface area (Å²) in [6.07, 6.45) is 13.4. The average molecular weight is 150 g/mol. The highest BCUT2D eigenvalue weighted by atomic mass is 32.1. The molecular formula is C9H10S. The summed E-state index contributed by atoms with van der Waals surface area (Å²) in [4.78, 5) is 0. The average Bonchev–Trinajstić information content (AvgIpc) is 1.87. The molecule has 1 heteroatoms. The standard InChI is InChI=1S/C9H10S/c10-8-9-6-4-2-1-3-5-7-9/h1-2,4-8,10H,3H2/b2-1-,6-4-,7-5-,9-8-. The molecule has 52 valence electrons. The zero-order valence-corrected chi connectivity index (χ0v) is 6.59. The highest BCUT2D eigenvalue weighted by molar-refractivity contribution is 7.83. The molecule has 0 atom stereocenters. The molecule has 1 aliphatic carbocycles. The van der Waals surface area contributed by atoms with Crippen LogP contribution in [0.15, 0.2) is 47.4 Å². The van der Waals surface area contributed by atoms with Gasteiger partial charge in [-0.25, -0.2) is 0 Å². The molecule has 0 aromatic carbocycles. The van der Waals surface area contributed by atoms with Gasteiger partial charge < -0.3 is 0 Å². The van der Waals surface area contributed by atoms with E-state index in [-0.39, 0.29) is 0 Å². The molecule has 0 spiro atoms. The summed E-state index contributed by atoms with van der Waals surface area (Å²) in [5, 5.41) is 1.80. The van der Waals surface area contributed by atoms with Crippen LogP contribution < -0.4 is 0 Å². The molecular weight excluding hydrogens is 140 g/mol. The molecule has 1 aliphatic rings. The summed E-state index contributed by atoms with van der Waals surface area (Å²) < 4.78 is 0. The Morgan fingerprint density at radius 2 is 2.10 bits per heavy atom. The van der Waals surface area contributed by atoms with Crippen molar-refractivity contribution in [2.24, 2.45) is 0 Å². The zero-order chi connectivity index (χ0) is 7.23. The monoisotopic (exact) mass is 150 g/mol. The second-order valence-corrected chi connectivity index (χ2v) is 2.31. The van der Waals surface area contributed by atoms with Crippen molar-refractivity contribution in [2.45, 2.75) is 6.42 Å². The van der Waals surface area contributed by atoms with E-state index in [0.29, 0.717) is 0 Å². The van der Waals surface area contributed by atoms with Gasteiger partial charge >= 0.3 is 0 Å². The first-order valence-electron chi connectivity index (χ1n) is 3.27. The van der Waals surface area contributed by atoms with Crippen molar-refractivity contribution >= 4 is 12.6 Å². The molecule has 0 bridgehead atoms. The van der Waals surface area contributed by atoms with E-state index in [1.165, 1.54) is 0 Å². The van der Waals surface area contributed by atoms with Gasteiger partial charge in [-0.1, -0.05) is 36.5 Å². The maximum atomic E-state index is 4.06. The first-order valence-corrected chi connectivity index (χ1v) is 3.79. The predicted octanol–water partition coefficient (Wildman–Crippen LogP) is 2.87. The van der Waals surface area contributed by atoms with E-state index in [9.17, 15) is 0 Å².